The van der Waals surface area contributed by atoms with Gasteiger partial charge in [-0.25, -0.2) is 4.98 Å². The summed E-state index contributed by atoms with van der Waals surface area (Å²) in [6.45, 7) is 3.07. The summed E-state index contributed by atoms with van der Waals surface area (Å²) in [5.41, 5.74) is 0.497. The van der Waals surface area contributed by atoms with E-state index in [0.717, 1.165) is 28.0 Å². The van der Waals surface area contributed by atoms with Crippen LogP contribution in [0, 0.1) is 6.92 Å². The van der Waals surface area contributed by atoms with Crippen molar-refractivity contribution in [1.29, 1.82) is 0 Å². The lowest BCUT2D eigenvalue weighted by Gasteiger charge is -2.33. The maximum atomic E-state index is 12.8. The number of carbonyl (C=O) groups is 1. The number of carbonyl (C=O) groups excluding carboxylic acids is 1. The van der Waals surface area contributed by atoms with Crippen molar-refractivity contribution in [2.24, 2.45) is 0 Å². The first-order valence-electron chi connectivity index (χ1n) is 7.07. The Morgan fingerprint density at radius 2 is 2.41 bits per heavy atom. The Morgan fingerprint density at radius 1 is 1.55 bits per heavy atom. The van der Waals surface area contributed by atoms with Crippen LogP contribution >= 0.6 is 23.1 Å². The lowest BCUT2D eigenvalue weighted by atomic mass is 10.2. The van der Waals surface area contributed by atoms with Gasteiger partial charge in [0.2, 0.25) is 0 Å². The summed E-state index contributed by atoms with van der Waals surface area (Å²) in [4.78, 5) is 19.0. The molecule has 0 spiro atoms. The second kappa shape index (κ2) is 6.85. The quantitative estimate of drug-likeness (QED) is 0.857. The van der Waals surface area contributed by atoms with Crippen molar-refractivity contribution in [1.82, 2.24) is 9.88 Å². The molecule has 5 nitrogen and oxygen atoms in total. The fourth-order valence-electron chi connectivity index (χ4n) is 2.46. The number of thioether (sulfide) groups is 1. The number of furan rings is 1. The second-order valence-electron chi connectivity index (χ2n) is 5.10. The zero-order valence-electron chi connectivity index (χ0n) is 12.6. The molecule has 22 heavy (non-hydrogen) atoms. The van der Waals surface area contributed by atoms with Gasteiger partial charge in [0.25, 0.3) is 5.91 Å². The molecule has 1 fully saturated rings. The van der Waals surface area contributed by atoms with Gasteiger partial charge < -0.3 is 14.1 Å². The molecule has 1 aliphatic rings. The van der Waals surface area contributed by atoms with Crippen molar-refractivity contribution in [3.05, 3.63) is 39.7 Å². The molecule has 0 saturated carbocycles. The van der Waals surface area contributed by atoms with E-state index in [1.54, 1.807) is 7.11 Å². The van der Waals surface area contributed by atoms with Crippen molar-refractivity contribution >= 4 is 29.0 Å². The summed E-state index contributed by atoms with van der Waals surface area (Å²) < 4.78 is 10.8. The van der Waals surface area contributed by atoms with Crippen molar-refractivity contribution in [2.75, 3.05) is 25.2 Å². The Kier molecular flexibility index (Phi) is 4.85. The van der Waals surface area contributed by atoms with Gasteiger partial charge in [-0.1, -0.05) is 0 Å². The summed E-state index contributed by atoms with van der Waals surface area (Å²) in [5.74, 6) is 3.49. The van der Waals surface area contributed by atoms with E-state index < -0.39 is 0 Å². The summed E-state index contributed by atoms with van der Waals surface area (Å²) in [6.07, 6.45) is 0. The Morgan fingerprint density at radius 3 is 3.14 bits per heavy atom. The number of aryl methyl sites for hydroxylation is 1. The minimum absolute atomic E-state index is 0.0208. The Hall–Kier alpha value is -1.31. The van der Waals surface area contributed by atoms with Gasteiger partial charge in [-0.05, 0) is 19.1 Å². The highest BCUT2D eigenvalue weighted by atomic mass is 32.2. The molecule has 0 aliphatic carbocycles. The Labute approximate surface area is 137 Å². The number of hydrogen-bond donors (Lipinski definition) is 0. The van der Waals surface area contributed by atoms with Crippen LogP contribution < -0.4 is 0 Å². The molecule has 0 radical (unpaired) electrons. The molecule has 1 aliphatic heterocycles. The molecule has 0 unspecified atom stereocenters. The molecule has 1 saturated heterocycles. The summed E-state index contributed by atoms with van der Waals surface area (Å²) >= 11 is 3.30. The third-order valence-corrected chi connectivity index (χ3v) is 5.36. The average molecular weight is 338 g/mol. The lowest BCUT2D eigenvalue weighted by molar-refractivity contribution is 0.0675. The molecule has 1 amide bonds. The van der Waals surface area contributed by atoms with Crippen LogP contribution in [0.25, 0.3) is 0 Å². The number of nitrogens with zero attached hydrogens (tertiary/aromatic N) is 2. The Bertz CT molecular complexity index is 653. The maximum Gasteiger partial charge on any atom is 0.274 e. The standard InChI is InChI=1S/C15H18N2O3S2/c1-10-3-4-13(20-10)12-9-21-6-5-17(12)15(18)11-8-22-14(16-11)7-19-2/h3-4,8,12H,5-7,9H2,1-2H3/t12-/m1/s1. The minimum atomic E-state index is -0.0297. The van der Waals surface area contributed by atoms with E-state index in [0.29, 0.717) is 18.8 Å². The van der Waals surface area contributed by atoms with Crippen LogP contribution in [0.2, 0.25) is 0 Å². The second-order valence-corrected chi connectivity index (χ2v) is 7.19. The smallest absolute Gasteiger partial charge is 0.274 e. The van der Waals surface area contributed by atoms with Gasteiger partial charge in [-0.2, -0.15) is 11.8 Å². The zero-order chi connectivity index (χ0) is 15.5. The highest BCUT2D eigenvalue weighted by Crippen LogP contribution is 2.32. The Balaban J connectivity index is 1.81. The number of amides is 1. The van der Waals surface area contributed by atoms with Crippen LogP contribution in [0.15, 0.2) is 21.9 Å². The molecular weight excluding hydrogens is 320 g/mol. The van der Waals surface area contributed by atoms with Gasteiger partial charge in [-0.15, -0.1) is 11.3 Å². The van der Waals surface area contributed by atoms with Gasteiger partial charge in [0.15, 0.2) is 0 Å². The molecule has 3 rings (SSSR count). The molecule has 0 bridgehead atoms. The molecule has 2 aromatic heterocycles. The van der Waals surface area contributed by atoms with Crippen LogP contribution in [-0.2, 0) is 11.3 Å². The van der Waals surface area contributed by atoms with E-state index >= 15 is 0 Å². The molecule has 2 aromatic rings. The van der Waals surface area contributed by atoms with E-state index in [1.165, 1.54) is 11.3 Å². The van der Waals surface area contributed by atoms with Crippen molar-refractivity contribution in [2.45, 2.75) is 19.6 Å². The number of thiazole rings is 1. The highest BCUT2D eigenvalue weighted by molar-refractivity contribution is 7.99. The summed E-state index contributed by atoms with van der Waals surface area (Å²) in [5, 5.41) is 2.63. The van der Waals surface area contributed by atoms with Gasteiger partial charge in [0.1, 0.15) is 22.2 Å². The van der Waals surface area contributed by atoms with Crippen LogP contribution in [0.3, 0.4) is 0 Å². The third-order valence-electron chi connectivity index (χ3n) is 3.52. The van der Waals surface area contributed by atoms with Gasteiger partial charge in [-0.3, -0.25) is 4.79 Å². The van der Waals surface area contributed by atoms with E-state index in [2.05, 4.69) is 4.98 Å². The largest absolute Gasteiger partial charge is 0.464 e. The first kappa shape index (κ1) is 15.6. The summed E-state index contributed by atoms with van der Waals surface area (Å²) in [6, 6.07) is 3.88. The average Bonchev–Trinajstić information content (AvgIpc) is 3.16. The topological polar surface area (TPSA) is 55.6 Å². The molecular formula is C15H18N2O3S2. The molecule has 7 heteroatoms. The monoisotopic (exact) mass is 338 g/mol. The minimum Gasteiger partial charge on any atom is -0.464 e. The van der Waals surface area contributed by atoms with Crippen LogP contribution in [0.5, 0.6) is 0 Å². The van der Waals surface area contributed by atoms with Gasteiger partial charge in [0.05, 0.1) is 12.6 Å². The lowest BCUT2D eigenvalue weighted by Crippen LogP contribution is -2.40. The van der Waals surface area contributed by atoms with E-state index in [-0.39, 0.29) is 11.9 Å². The maximum absolute atomic E-state index is 12.8. The predicted molar refractivity (Wildman–Crippen MR) is 87.4 cm³/mol. The molecule has 0 N–H and O–H groups in total. The normalized spacial score (nSPS) is 18.6. The van der Waals surface area contributed by atoms with E-state index in [4.69, 9.17) is 9.15 Å². The third kappa shape index (κ3) is 3.21. The summed E-state index contributed by atoms with van der Waals surface area (Å²) in [7, 11) is 1.63. The molecule has 0 aromatic carbocycles. The van der Waals surface area contributed by atoms with E-state index in [9.17, 15) is 4.79 Å². The number of ether oxygens (including phenoxy) is 1. The zero-order valence-corrected chi connectivity index (χ0v) is 14.2. The molecule has 3 heterocycles. The molecule has 118 valence electrons. The number of rotatable bonds is 4. The predicted octanol–water partition coefficient (Wildman–Crippen LogP) is 3.12. The first-order chi connectivity index (χ1) is 10.7. The number of methoxy groups -OCH3 is 1. The molecule has 1 atom stereocenters. The van der Waals surface area contributed by atoms with Gasteiger partial charge >= 0.3 is 0 Å². The van der Waals surface area contributed by atoms with E-state index in [1.807, 2.05) is 41.1 Å². The van der Waals surface area contributed by atoms with Gasteiger partial charge in [0, 0.05) is 30.5 Å². The highest BCUT2D eigenvalue weighted by Gasteiger charge is 2.32. The van der Waals surface area contributed by atoms with Crippen LogP contribution in [0.1, 0.15) is 33.1 Å². The van der Waals surface area contributed by atoms with Crippen molar-refractivity contribution in [3.8, 4) is 0 Å². The van der Waals surface area contributed by atoms with Crippen molar-refractivity contribution < 1.29 is 13.9 Å². The fraction of sp³-hybridized carbons (Fsp3) is 0.467. The number of hydrogen-bond acceptors (Lipinski definition) is 6. The van der Waals surface area contributed by atoms with Crippen molar-refractivity contribution in [3.63, 3.8) is 0 Å². The SMILES string of the molecule is COCc1nc(C(=O)N2CCSC[C@@H]2c2ccc(C)o2)cs1. The van der Waals surface area contributed by atoms with Crippen LogP contribution in [0.4, 0.5) is 0 Å². The van der Waals surface area contributed by atoms with Crippen LogP contribution in [-0.4, -0.2) is 41.0 Å². The fourth-order valence-corrected chi connectivity index (χ4v) is 4.26. The number of aromatic nitrogens is 1. The first-order valence-corrected chi connectivity index (χ1v) is 9.11.